The number of benzene rings is 3. The van der Waals surface area contributed by atoms with Gasteiger partial charge in [-0.3, -0.25) is 4.79 Å². The molecule has 0 spiro atoms. The Bertz CT molecular complexity index is 1130. The van der Waals surface area contributed by atoms with Gasteiger partial charge in [-0.2, -0.15) is 5.21 Å². The molecular formula is C21H15N5O. The van der Waals surface area contributed by atoms with Gasteiger partial charge in [0, 0.05) is 16.8 Å². The molecule has 0 atom stereocenters. The van der Waals surface area contributed by atoms with Crippen molar-refractivity contribution in [3.63, 3.8) is 0 Å². The number of hydrogen-bond donors (Lipinski definition) is 2. The minimum atomic E-state index is -0.148. The van der Waals surface area contributed by atoms with E-state index in [1.165, 1.54) is 22.3 Å². The number of carbonyl (C=O) groups is 1. The molecule has 27 heavy (non-hydrogen) atoms. The molecule has 0 aliphatic heterocycles. The molecule has 5 rings (SSSR count). The van der Waals surface area contributed by atoms with Crippen molar-refractivity contribution in [1.29, 1.82) is 0 Å². The first kappa shape index (κ1) is 15.5. The Morgan fingerprint density at radius 3 is 2.56 bits per heavy atom. The average Bonchev–Trinajstić information content (AvgIpc) is 3.35. The summed E-state index contributed by atoms with van der Waals surface area (Å²) in [7, 11) is 0. The third kappa shape index (κ3) is 2.77. The predicted octanol–water partition coefficient (Wildman–Crippen LogP) is 3.69. The summed E-state index contributed by atoms with van der Waals surface area (Å²) in [5.41, 5.74) is 7.26. The van der Waals surface area contributed by atoms with Gasteiger partial charge in [0.05, 0.1) is 0 Å². The Balaban J connectivity index is 1.35. The number of nitrogens with one attached hydrogen (secondary N) is 2. The number of rotatable bonds is 3. The summed E-state index contributed by atoms with van der Waals surface area (Å²) in [6.45, 7) is 0. The van der Waals surface area contributed by atoms with Crippen LogP contribution in [0, 0.1) is 0 Å². The van der Waals surface area contributed by atoms with Crippen LogP contribution in [0.25, 0.3) is 22.5 Å². The van der Waals surface area contributed by atoms with Crippen LogP contribution >= 0.6 is 0 Å². The first-order valence-corrected chi connectivity index (χ1v) is 8.64. The molecule has 0 saturated carbocycles. The molecule has 4 aromatic rings. The van der Waals surface area contributed by atoms with Crippen LogP contribution < -0.4 is 5.32 Å². The van der Waals surface area contributed by atoms with Gasteiger partial charge in [-0.05, 0) is 58.2 Å². The van der Waals surface area contributed by atoms with Gasteiger partial charge in [0.2, 0.25) is 5.82 Å². The van der Waals surface area contributed by atoms with Crippen molar-refractivity contribution in [2.45, 2.75) is 6.42 Å². The lowest BCUT2D eigenvalue weighted by Gasteiger charge is -2.08. The molecule has 130 valence electrons. The van der Waals surface area contributed by atoms with E-state index in [2.05, 4.69) is 62.3 Å². The largest absolute Gasteiger partial charge is 0.322 e. The molecule has 6 nitrogen and oxygen atoms in total. The molecule has 6 heteroatoms. The molecular weight excluding hydrogens is 338 g/mol. The zero-order valence-electron chi connectivity index (χ0n) is 14.3. The fourth-order valence-electron chi connectivity index (χ4n) is 3.48. The molecule has 1 aliphatic rings. The zero-order valence-corrected chi connectivity index (χ0v) is 14.3. The van der Waals surface area contributed by atoms with E-state index in [1.54, 1.807) is 24.3 Å². The van der Waals surface area contributed by atoms with E-state index in [0.717, 1.165) is 17.7 Å². The molecule has 1 aliphatic carbocycles. The predicted molar refractivity (Wildman–Crippen MR) is 102 cm³/mol. The first-order chi connectivity index (χ1) is 13.3. The zero-order chi connectivity index (χ0) is 18.2. The fourth-order valence-corrected chi connectivity index (χ4v) is 3.48. The normalized spacial score (nSPS) is 11.7. The minimum Gasteiger partial charge on any atom is -0.322 e. The molecule has 1 heterocycles. The minimum absolute atomic E-state index is 0.148. The van der Waals surface area contributed by atoms with E-state index in [4.69, 9.17) is 0 Å². The third-order valence-electron chi connectivity index (χ3n) is 4.80. The molecule has 0 unspecified atom stereocenters. The Labute approximate surface area is 155 Å². The standard InChI is InChI=1S/C21H15N5O/c27-21(14-7-5-13(6-8-14)20-23-25-26-24-20)22-17-9-10-19-16(12-17)11-15-3-1-2-4-18(15)19/h1-10,12H,11H2,(H,22,27)(H,23,24,25,26). The average molecular weight is 353 g/mol. The van der Waals surface area contributed by atoms with Gasteiger partial charge in [0.25, 0.3) is 5.91 Å². The number of fused-ring (bicyclic) bond motifs is 3. The van der Waals surface area contributed by atoms with Crippen LogP contribution in [0.2, 0.25) is 0 Å². The fraction of sp³-hybridized carbons (Fsp3) is 0.0476. The lowest BCUT2D eigenvalue weighted by molar-refractivity contribution is 0.102. The highest BCUT2D eigenvalue weighted by molar-refractivity contribution is 6.04. The number of aromatic amines is 1. The van der Waals surface area contributed by atoms with Crippen molar-refractivity contribution in [1.82, 2.24) is 20.6 Å². The van der Waals surface area contributed by atoms with Gasteiger partial charge >= 0.3 is 0 Å². The van der Waals surface area contributed by atoms with E-state index in [9.17, 15) is 4.79 Å². The number of amides is 1. The van der Waals surface area contributed by atoms with Crippen molar-refractivity contribution in [2.75, 3.05) is 5.32 Å². The van der Waals surface area contributed by atoms with Gasteiger partial charge in [-0.1, -0.05) is 42.5 Å². The topological polar surface area (TPSA) is 83.6 Å². The van der Waals surface area contributed by atoms with Crippen LogP contribution in [0.4, 0.5) is 5.69 Å². The maximum absolute atomic E-state index is 12.6. The third-order valence-corrected chi connectivity index (χ3v) is 4.80. The van der Waals surface area contributed by atoms with Crippen LogP contribution in [0.5, 0.6) is 0 Å². The monoisotopic (exact) mass is 353 g/mol. The van der Waals surface area contributed by atoms with Crippen LogP contribution in [0.3, 0.4) is 0 Å². The van der Waals surface area contributed by atoms with E-state index in [0.29, 0.717) is 11.4 Å². The summed E-state index contributed by atoms with van der Waals surface area (Å²) < 4.78 is 0. The maximum Gasteiger partial charge on any atom is 0.255 e. The van der Waals surface area contributed by atoms with Gasteiger partial charge in [-0.15, -0.1) is 10.2 Å². The maximum atomic E-state index is 12.6. The summed E-state index contributed by atoms with van der Waals surface area (Å²) in [5, 5.41) is 16.8. The van der Waals surface area contributed by atoms with Crippen molar-refractivity contribution in [3.05, 3.63) is 83.4 Å². The van der Waals surface area contributed by atoms with E-state index >= 15 is 0 Å². The highest BCUT2D eigenvalue weighted by Crippen LogP contribution is 2.37. The second kappa shape index (κ2) is 6.17. The highest BCUT2D eigenvalue weighted by atomic mass is 16.1. The molecule has 0 radical (unpaired) electrons. The Morgan fingerprint density at radius 1 is 0.926 bits per heavy atom. The van der Waals surface area contributed by atoms with Crippen LogP contribution in [-0.2, 0) is 6.42 Å². The van der Waals surface area contributed by atoms with E-state index in [-0.39, 0.29) is 5.91 Å². The SMILES string of the molecule is O=C(Nc1ccc2c(c1)Cc1ccccc1-2)c1ccc(-c2nn[nH]n2)cc1. The summed E-state index contributed by atoms with van der Waals surface area (Å²) in [5.74, 6) is 0.352. The Kier molecular flexibility index (Phi) is 3.53. The van der Waals surface area contributed by atoms with Gasteiger partial charge < -0.3 is 5.32 Å². The summed E-state index contributed by atoms with van der Waals surface area (Å²) in [4.78, 5) is 12.6. The van der Waals surface area contributed by atoms with Crippen molar-refractivity contribution in [2.24, 2.45) is 0 Å². The molecule has 3 aromatic carbocycles. The summed E-state index contributed by atoms with van der Waals surface area (Å²) in [6, 6.07) is 21.6. The number of aromatic nitrogens is 4. The Morgan fingerprint density at radius 2 is 1.74 bits per heavy atom. The first-order valence-electron chi connectivity index (χ1n) is 8.64. The number of tetrazole rings is 1. The van der Waals surface area contributed by atoms with Gasteiger partial charge in [-0.25, -0.2) is 0 Å². The number of H-pyrrole nitrogens is 1. The number of hydrogen-bond acceptors (Lipinski definition) is 4. The molecule has 0 fully saturated rings. The lowest BCUT2D eigenvalue weighted by atomic mass is 10.1. The number of carbonyl (C=O) groups excluding carboxylic acids is 1. The second-order valence-corrected chi connectivity index (χ2v) is 6.47. The van der Waals surface area contributed by atoms with Gasteiger partial charge in [0.1, 0.15) is 0 Å². The van der Waals surface area contributed by atoms with Gasteiger partial charge in [0.15, 0.2) is 0 Å². The van der Waals surface area contributed by atoms with Crippen LogP contribution in [-0.4, -0.2) is 26.5 Å². The summed E-state index contributed by atoms with van der Waals surface area (Å²) in [6.07, 6.45) is 0.897. The molecule has 0 saturated heterocycles. The molecule has 1 aromatic heterocycles. The second-order valence-electron chi connectivity index (χ2n) is 6.47. The van der Waals surface area contributed by atoms with Crippen molar-refractivity contribution < 1.29 is 4.79 Å². The molecule has 1 amide bonds. The smallest absolute Gasteiger partial charge is 0.255 e. The van der Waals surface area contributed by atoms with Crippen molar-refractivity contribution in [3.8, 4) is 22.5 Å². The lowest BCUT2D eigenvalue weighted by Crippen LogP contribution is -2.11. The van der Waals surface area contributed by atoms with E-state index < -0.39 is 0 Å². The van der Waals surface area contributed by atoms with Crippen LogP contribution in [0.15, 0.2) is 66.7 Å². The van der Waals surface area contributed by atoms with E-state index in [1.807, 2.05) is 6.07 Å². The number of anilines is 1. The Hall–Kier alpha value is -3.80. The van der Waals surface area contributed by atoms with Crippen LogP contribution in [0.1, 0.15) is 21.5 Å². The molecule has 2 N–H and O–H groups in total. The quantitative estimate of drug-likeness (QED) is 0.518. The number of nitrogens with zero attached hydrogens (tertiary/aromatic N) is 3. The summed E-state index contributed by atoms with van der Waals surface area (Å²) >= 11 is 0. The van der Waals surface area contributed by atoms with Crippen molar-refractivity contribution >= 4 is 11.6 Å². The highest BCUT2D eigenvalue weighted by Gasteiger charge is 2.18. The molecule has 0 bridgehead atoms.